The summed E-state index contributed by atoms with van der Waals surface area (Å²) in [6, 6.07) is 5.31. The van der Waals surface area contributed by atoms with Crippen molar-refractivity contribution in [3.8, 4) is 11.5 Å². The normalized spacial score (nSPS) is 10.0. The molecule has 0 heterocycles. The van der Waals surface area contributed by atoms with Gasteiger partial charge in [0, 0.05) is 13.1 Å². The molecule has 1 rings (SSSR count). The van der Waals surface area contributed by atoms with E-state index in [9.17, 15) is 9.59 Å². The SMILES string of the molecule is CCN(CC)C(=O)CNC(=O)Cc1ccc(OC)c(OC)c1. The first-order chi connectivity index (χ1) is 10.5. The van der Waals surface area contributed by atoms with Gasteiger partial charge in [-0.05, 0) is 31.5 Å². The maximum atomic E-state index is 11.9. The number of likely N-dealkylation sites (N-methyl/N-ethyl adjacent to an activating group) is 1. The molecule has 0 saturated carbocycles. The summed E-state index contributed by atoms with van der Waals surface area (Å²) in [7, 11) is 3.10. The number of amides is 2. The van der Waals surface area contributed by atoms with Crippen molar-refractivity contribution in [2.24, 2.45) is 0 Å². The molecule has 0 fully saturated rings. The predicted molar refractivity (Wildman–Crippen MR) is 84.2 cm³/mol. The van der Waals surface area contributed by atoms with Crippen LogP contribution in [0.15, 0.2) is 18.2 Å². The zero-order valence-corrected chi connectivity index (χ0v) is 13.6. The fourth-order valence-electron chi connectivity index (χ4n) is 2.10. The van der Waals surface area contributed by atoms with Gasteiger partial charge in [-0.2, -0.15) is 0 Å². The molecule has 2 amide bonds. The van der Waals surface area contributed by atoms with E-state index in [1.54, 1.807) is 37.3 Å². The molecule has 0 aliphatic rings. The number of nitrogens with zero attached hydrogens (tertiary/aromatic N) is 1. The van der Waals surface area contributed by atoms with E-state index in [1.807, 2.05) is 13.8 Å². The van der Waals surface area contributed by atoms with Crippen LogP contribution in [0.5, 0.6) is 11.5 Å². The zero-order valence-electron chi connectivity index (χ0n) is 13.6. The third-order valence-corrected chi connectivity index (χ3v) is 3.37. The van der Waals surface area contributed by atoms with Gasteiger partial charge in [0.05, 0.1) is 27.2 Å². The fourth-order valence-corrected chi connectivity index (χ4v) is 2.10. The minimum Gasteiger partial charge on any atom is -0.493 e. The van der Waals surface area contributed by atoms with Crippen LogP contribution < -0.4 is 14.8 Å². The maximum absolute atomic E-state index is 11.9. The van der Waals surface area contributed by atoms with Gasteiger partial charge in [0.15, 0.2) is 11.5 Å². The monoisotopic (exact) mass is 308 g/mol. The van der Waals surface area contributed by atoms with Crippen LogP contribution in [0.2, 0.25) is 0 Å². The molecule has 1 N–H and O–H groups in total. The number of hydrogen-bond acceptors (Lipinski definition) is 4. The van der Waals surface area contributed by atoms with Gasteiger partial charge in [-0.3, -0.25) is 9.59 Å². The third kappa shape index (κ3) is 4.95. The van der Waals surface area contributed by atoms with Crippen molar-refractivity contribution in [1.29, 1.82) is 0 Å². The third-order valence-electron chi connectivity index (χ3n) is 3.37. The smallest absolute Gasteiger partial charge is 0.241 e. The molecule has 0 bridgehead atoms. The van der Waals surface area contributed by atoms with Crippen molar-refractivity contribution in [1.82, 2.24) is 10.2 Å². The van der Waals surface area contributed by atoms with Crippen LogP contribution in [-0.4, -0.2) is 50.6 Å². The van der Waals surface area contributed by atoms with Crippen LogP contribution in [0, 0.1) is 0 Å². The fraction of sp³-hybridized carbons (Fsp3) is 0.500. The van der Waals surface area contributed by atoms with Gasteiger partial charge >= 0.3 is 0 Å². The molecule has 0 saturated heterocycles. The molecule has 6 nitrogen and oxygen atoms in total. The number of carbonyl (C=O) groups is 2. The topological polar surface area (TPSA) is 67.9 Å². The Morgan fingerprint density at radius 2 is 1.73 bits per heavy atom. The first-order valence-electron chi connectivity index (χ1n) is 7.31. The number of methoxy groups -OCH3 is 2. The van der Waals surface area contributed by atoms with Gasteiger partial charge in [0.1, 0.15) is 0 Å². The lowest BCUT2D eigenvalue weighted by Gasteiger charge is -2.18. The van der Waals surface area contributed by atoms with Gasteiger partial charge in [0.25, 0.3) is 0 Å². The molecule has 0 spiro atoms. The summed E-state index contributed by atoms with van der Waals surface area (Å²) in [4.78, 5) is 25.4. The first kappa shape index (κ1) is 17.8. The molecular weight excluding hydrogens is 284 g/mol. The summed E-state index contributed by atoms with van der Waals surface area (Å²) >= 11 is 0. The van der Waals surface area contributed by atoms with Crippen LogP contribution in [0.25, 0.3) is 0 Å². The predicted octanol–water partition coefficient (Wildman–Crippen LogP) is 1.23. The summed E-state index contributed by atoms with van der Waals surface area (Å²) in [5.41, 5.74) is 0.797. The Morgan fingerprint density at radius 1 is 1.09 bits per heavy atom. The lowest BCUT2D eigenvalue weighted by Crippen LogP contribution is -2.40. The van der Waals surface area contributed by atoms with E-state index in [1.165, 1.54) is 0 Å². The molecule has 0 aliphatic heterocycles. The quantitative estimate of drug-likeness (QED) is 0.784. The summed E-state index contributed by atoms with van der Waals surface area (Å²) in [5, 5.41) is 2.64. The Kier molecular flexibility index (Phi) is 7.22. The van der Waals surface area contributed by atoms with E-state index in [2.05, 4.69) is 5.32 Å². The van der Waals surface area contributed by atoms with Gasteiger partial charge in [-0.1, -0.05) is 6.07 Å². The second-order valence-corrected chi connectivity index (χ2v) is 4.71. The molecule has 0 atom stereocenters. The van der Waals surface area contributed by atoms with Crippen molar-refractivity contribution in [3.05, 3.63) is 23.8 Å². The Hall–Kier alpha value is -2.24. The second-order valence-electron chi connectivity index (χ2n) is 4.71. The number of benzene rings is 1. The summed E-state index contributed by atoms with van der Waals surface area (Å²) in [5.74, 6) is 0.911. The first-order valence-corrected chi connectivity index (χ1v) is 7.31. The molecule has 1 aromatic rings. The summed E-state index contributed by atoms with van der Waals surface area (Å²) in [6.07, 6.45) is 0.186. The van der Waals surface area contributed by atoms with E-state index in [0.717, 1.165) is 5.56 Å². The minimum atomic E-state index is -0.201. The molecule has 6 heteroatoms. The Labute approximate surface area is 131 Å². The largest absolute Gasteiger partial charge is 0.493 e. The Morgan fingerprint density at radius 3 is 2.27 bits per heavy atom. The van der Waals surface area contributed by atoms with Gasteiger partial charge in [-0.15, -0.1) is 0 Å². The molecule has 0 aromatic heterocycles. The number of rotatable bonds is 8. The molecule has 0 aliphatic carbocycles. The van der Waals surface area contributed by atoms with Crippen LogP contribution in [0.1, 0.15) is 19.4 Å². The Bertz CT molecular complexity index is 513. The van der Waals surface area contributed by atoms with Crippen LogP contribution in [0.4, 0.5) is 0 Å². The molecule has 0 radical (unpaired) electrons. The number of hydrogen-bond donors (Lipinski definition) is 1. The molecule has 1 aromatic carbocycles. The summed E-state index contributed by atoms with van der Waals surface area (Å²) in [6.45, 7) is 5.12. The van der Waals surface area contributed by atoms with Gasteiger partial charge in [-0.25, -0.2) is 0 Å². The standard InChI is InChI=1S/C16H24N2O4/c1-5-18(6-2)16(20)11-17-15(19)10-12-7-8-13(21-3)14(9-12)22-4/h7-9H,5-6,10-11H2,1-4H3,(H,17,19). The number of carbonyl (C=O) groups excluding carboxylic acids is 2. The molecular formula is C16H24N2O4. The average Bonchev–Trinajstić information content (AvgIpc) is 2.53. The van der Waals surface area contributed by atoms with Crippen molar-refractivity contribution in [3.63, 3.8) is 0 Å². The van der Waals surface area contributed by atoms with Crippen LogP contribution in [0.3, 0.4) is 0 Å². The highest BCUT2D eigenvalue weighted by Crippen LogP contribution is 2.27. The lowest BCUT2D eigenvalue weighted by atomic mass is 10.1. The summed E-state index contributed by atoms with van der Waals surface area (Å²) < 4.78 is 10.4. The molecule has 22 heavy (non-hydrogen) atoms. The van der Waals surface area contributed by atoms with E-state index in [-0.39, 0.29) is 24.8 Å². The van der Waals surface area contributed by atoms with E-state index < -0.39 is 0 Å². The minimum absolute atomic E-state index is 0.0216. The van der Waals surface area contributed by atoms with E-state index in [0.29, 0.717) is 24.6 Å². The average molecular weight is 308 g/mol. The van der Waals surface area contributed by atoms with Crippen molar-refractivity contribution < 1.29 is 19.1 Å². The van der Waals surface area contributed by atoms with Crippen LogP contribution in [-0.2, 0) is 16.0 Å². The van der Waals surface area contributed by atoms with Gasteiger partial charge < -0.3 is 19.7 Å². The van der Waals surface area contributed by atoms with E-state index in [4.69, 9.17) is 9.47 Å². The van der Waals surface area contributed by atoms with Crippen molar-refractivity contribution >= 4 is 11.8 Å². The zero-order chi connectivity index (χ0) is 16.5. The Balaban J connectivity index is 2.57. The van der Waals surface area contributed by atoms with Crippen molar-refractivity contribution in [2.75, 3.05) is 33.9 Å². The highest BCUT2D eigenvalue weighted by Gasteiger charge is 2.12. The highest BCUT2D eigenvalue weighted by atomic mass is 16.5. The number of ether oxygens (including phenoxy) is 2. The van der Waals surface area contributed by atoms with E-state index >= 15 is 0 Å². The lowest BCUT2D eigenvalue weighted by molar-refractivity contribution is -0.132. The maximum Gasteiger partial charge on any atom is 0.241 e. The van der Waals surface area contributed by atoms with Gasteiger partial charge in [0.2, 0.25) is 11.8 Å². The van der Waals surface area contributed by atoms with Crippen molar-refractivity contribution in [2.45, 2.75) is 20.3 Å². The molecule has 0 unspecified atom stereocenters. The number of nitrogens with one attached hydrogen (secondary N) is 1. The highest BCUT2D eigenvalue weighted by molar-refractivity contribution is 5.85. The van der Waals surface area contributed by atoms with Crippen LogP contribution >= 0.6 is 0 Å². The molecule has 122 valence electrons. The second kappa shape index (κ2) is 8.92.